The van der Waals surface area contributed by atoms with Crippen LogP contribution in [0.3, 0.4) is 0 Å². The van der Waals surface area contributed by atoms with Crippen molar-refractivity contribution in [2.24, 2.45) is 0 Å². The number of nitrogens with zero attached hydrogens (tertiary/aromatic N) is 3. The molecule has 128 valence electrons. The number of hydrogen-bond acceptors (Lipinski definition) is 4. The highest BCUT2D eigenvalue weighted by atomic mass is 16.1. The molecule has 5 heteroatoms. The van der Waals surface area contributed by atoms with Gasteiger partial charge in [0.2, 0.25) is 5.95 Å². The third-order valence-corrected chi connectivity index (χ3v) is 3.80. The molecule has 2 rings (SSSR count). The molecule has 0 aliphatic rings. The topological polar surface area (TPSA) is 58.1 Å². The summed E-state index contributed by atoms with van der Waals surface area (Å²) in [6.45, 7) is 10.1. The second kappa shape index (κ2) is 8.43. The first kappa shape index (κ1) is 17.9. The predicted molar refractivity (Wildman–Crippen MR) is 98.7 cm³/mol. The van der Waals surface area contributed by atoms with Crippen LogP contribution in [0.15, 0.2) is 30.6 Å². The van der Waals surface area contributed by atoms with E-state index in [2.05, 4.69) is 34.0 Å². The molecule has 0 saturated heterocycles. The van der Waals surface area contributed by atoms with Crippen molar-refractivity contribution in [3.63, 3.8) is 0 Å². The van der Waals surface area contributed by atoms with Crippen molar-refractivity contribution in [2.75, 3.05) is 23.3 Å². The fourth-order valence-electron chi connectivity index (χ4n) is 2.60. The largest absolute Gasteiger partial charge is 0.341 e. The van der Waals surface area contributed by atoms with E-state index in [9.17, 15) is 4.79 Å². The van der Waals surface area contributed by atoms with Crippen molar-refractivity contribution in [1.82, 2.24) is 9.97 Å². The Labute approximate surface area is 144 Å². The molecule has 0 spiro atoms. The smallest absolute Gasteiger partial charge is 0.258 e. The molecule has 0 fully saturated rings. The maximum Gasteiger partial charge on any atom is 0.258 e. The van der Waals surface area contributed by atoms with E-state index in [-0.39, 0.29) is 5.91 Å². The fourth-order valence-corrected chi connectivity index (χ4v) is 2.60. The van der Waals surface area contributed by atoms with E-state index in [1.807, 2.05) is 32.0 Å². The van der Waals surface area contributed by atoms with Crippen LogP contribution in [0.5, 0.6) is 0 Å². The molecule has 0 aliphatic carbocycles. The highest BCUT2D eigenvalue weighted by molar-refractivity contribution is 6.04. The summed E-state index contributed by atoms with van der Waals surface area (Å²) in [5.74, 6) is 0.493. The lowest BCUT2D eigenvalue weighted by molar-refractivity contribution is 0.102. The summed E-state index contributed by atoms with van der Waals surface area (Å²) in [7, 11) is 0. The fraction of sp³-hybridized carbons (Fsp3) is 0.421. The van der Waals surface area contributed by atoms with Crippen LogP contribution in [0.4, 0.5) is 11.6 Å². The van der Waals surface area contributed by atoms with Crippen molar-refractivity contribution in [3.05, 3.63) is 47.3 Å². The average molecular weight is 326 g/mol. The van der Waals surface area contributed by atoms with Gasteiger partial charge in [-0.05, 0) is 38.3 Å². The van der Waals surface area contributed by atoms with Gasteiger partial charge in [-0.1, -0.05) is 31.5 Å². The Morgan fingerprint density at radius 3 is 2.25 bits per heavy atom. The second-order valence-corrected chi connectivity index (χ2v) is 6.03. The third kappa shape index (κ3) is 4.54. The van der Waals surface area contributed by atoms with Crippen LogP contribution in [-0.4, -0.2) is 29.0 Å². The normalized spacial score (nSPS) is 10.5. The Morgan fingerprint density at radius 2 is 1.71 bits per heavy atom. The van der Waals surface area contributed by atoms with Crippen molar-refractivity contribution >= 4 is 17.5 Å². The number of rotatable bonds is 7. The number of hydrogen-bond donors (Lipinski definition) is 1. The minimum atomic E-state index is -0.189. The zero-order valence-electron chi connectivity index (χ0n) is 15.0. The summed E-state index contributed by atoms with van der Waals surface area (Å²) in [6.07, 6.45) is 5.27. The molecule has 0 bridgehead atoms. The minimum absolute atomic E-state index is 0.189. The maximum atomic E-state index is 12.4. The number of carbonyl (C=O) groups is 1. The number of benzene rings is 1. The van der Waals surface area contributed by atoms with Crippen molar-refractivity contribution < 1.29 is 4.79 Å². The van der Waals surface area contributed by atoms with E-state index in [0.29, 0.717) is 11.5 Å². The van der Waals surface area contributed by atoms with E-state index < -0.39 is 0 Å². The number of carbonyl (C=O) groups excluding carboxylic acids is 1. The van der Waals surface area contributed by atoms with Gasteiger partial charge < -0.3 is 10.2 Å². The van der Waals surface area contributed by atoms with Gasteiger partial charge in [-0.3, -0.25) is 4.79 Å². The van der Waals surface area contributed by atoms with Crippen molar-refractivity contribution in [1.29, 1.82) is 0 Å². The third-order valence-electron chi connectivity index (χ3n) is 3.80. The Bertz CT molecular complexity index is 676. The van der Waals surface area contributed by atoms with E-state index >= 15 is 0 Å². The van der Waals surface area contributed by atoms with Crippen LogP contribution in [0.2, 0.25) is 0 Å². The van der Waals surface area contributed by atoms with Crippen molar-refractivity contribution in [2.45, 2.75) is 40.5 Å². The molecule has 0 unspecified atom stereocenters. The van der Waals surface area contributed by atoms with Crippen LogP contribution < -0.4 is 10.2 Å². The lowest BCUT2D eigenvalue weighted by Gasteiger charge is -2.21. The molecule has 0 saturated carbocycles. The summed E-state index contributed by atoms with van der Waals surface area (Å²) in [5.41, 5.74) is 3.49. The van der Waals surface area contributed by atoms with Crippen LogP contribution in [-0.2, 0) is 0 Å². The number of aryl methyl sites for hydroxylation is 2. The molecule has 1 heterocycles. The first-order chi connectivity index (χ1) is 11.5. The first-order valence-corrected chi connectivity index (χ1v) is 8.50. The SMILES string of the molecule is CCCN(CCC)c1ncc(C(=O)Nc2ccc(C)cc2C)cn1. The average Bonchev–Trinajstić information content (AvgIpc) is 2.57. The van der Waals surface area contributed by atoms with Crippen LogP contribution in [0, 0.1) is 13.8 Å². The zero-order valence-corrected chi connectivity index (χ0v) is 15.0. The molecule has 2 aromatic rings. The van der Waals surface area contributed by atoms with E-state index in [4.69, 9.17) is 0 Å². The Morgan fingerprint density at radius 1 is 1.08 bits per heavy atom. The minimum Gasteiger partial charge on any atom is -0.341 e. The molecule has 0 radical (unpaired) electrons. The Balaban J connectivity index is 2.10. The lowest BCUT2D eigenvalue weighted by atomic mass is 10.1. The second-order valence-electron chi connectivity index (χ2n) is 6.03. The Hall–Kier alpha value is -2.43. The van der Waals surface area contributed by atoms with E-state index in [1.165, 1.54) is 5.56 Å². The predicted octanol–water partition coefficient (Wildman–Crippen LogP) is 3.97. The summed E-state index contributed by atoms with van der Waals surface area (Å²) in [5, 5.41) is 2.92. The van der Waals surface area contributed by atoms with Crippen LogP contribution in [0.1, 0.15) is 48.2 Å². The monoisotopic (exact) mass is 326 g/mol. The van der Waals surface area contributed by atoms with Gasteiger partial charge in [0, 0.05) is 31.2 Å². The van der Waals surface area contributed by atoms with Gasteiger partial charge in [0.15, 0.2) is 0 Å². The molecule has 0 aliphatic heterocycles. The highest BCUT2D eigenvalue weighted by Crippen LogP contribution is 2.17. The van der Waals surface area contributed by atoms with Crippen LogP contribution in [0.25, 0.3) is 0 Å². The van der Waals surface area contributed by atoms with Crippen molar-refractivity contribution in [3.8, 4) is 0 Å². The molecular weight excluding hydrogens is 300 g/mol. The number of aromatic nitrogens is 2. The molecule has 1 amide bonds. The summed E-state index contributed by atoms with van der Waals surface area (Å²) in [6, 6.07) is 5.94. The van der Waals surface area contributed by atoms with E-state index in [1.54, 1.807) is 12.4 Å². The number of amides is 1. The van der Waals surface area contributed by atoms with E-state index in [0.717, 1.165) is 37.2 Å². The first-order valence-electron chi connectivity index (χ1n) is 8.50. The highest BCUT2D eigenvalue weighted by Gasteiger charge is 2.12. The van der Waals surface area contributed by atoms with Gasteiger partial charge in [0.1, 0.15) is 0 Å². The molecule has 1 aromatic carbocycles. The molecule has 24 heavy (non-hydrogen) atoms. The van der Waals surface area contributed by atoms with Gasteiger partial charge in [-0.25, -0.2) is 9.97 Å². The number of nitrogens with one attached hydrogen (secondary N) is 1. The van der Waals surface area contributed by atoms with Gasteiger partial charge in [0.25, 0.3) is 5.91 Å². The standard InChI is InChI=1S/C19H26N4O/c1-5-9-23(10-6-2)19-20-12-16(13-21-19)18(24)22-17-8-7-14(3)11-15(17)4/h7-8,11-13H,5-6,9-10H2,1-4H3,(H,22,24). The summed E-state index contributed by atoms with van der Waals surface area (Å²) >= 11 is 0. The van der Waals surface area contributed by atoms with Crippen LogP contribution >= 0.6 is 0 Å². The lowest BCUT2D eigenvalue weighted by Crippen LogP contribution is -2.27. The number of anilines is 2. The molecular formula is C19H26N4O. The Kier molecular flexibility index (Phi) is 6.29. The van der Waals surface area contributed by atoms with Gasteiger partial charge >= 0.3 is 0 Å². The zero-order chi connectivity index (χ0) is 17.5. The molecule has 1 N–H and O–H groups in total. The maximum absolute atomic E-state index is 12.4. The molecule has 0 atom stereocenters. The summed E-state index contributed by atoms with van der Waals surface area (Å²) in [4.78, 5) is 23.3. The van der Waals surface area contributed by atoms with Gasteiger partial charge in [-0.15, -0.1) is 0 Å². The summed E-state index contributed by atoms with van der Waals surface area (Å²) < 4.78 is 0. The molecule has 1 aromatic heterocycles. The molecule has 5 nitrogen and oxygen atoms in total. The van der Waals surface area contributed by atoms with Gasteiger partial charge in [-0.2, -0.15) is 0 Å². The quantitative estimate of drug-likeness (QED) is 0.836. The van der Waals surface area contributed by atoms with Gasteiger partial charge in [0.05, 0.1) is 5.56 Å².